The molecule has 0 aliphatic heterocycles. The van der Waals surface area contributed by atoms with Crippen molar-refractivity contribution in [2.24, 2.45) is 0 Å². The van der Waals surface area contributed by atoms with E-state index in [-0.39, 0.29) is 4.83 Å². The summed E-state index contributed by atoms with van der Waals surface area (Å²) in [4.78, 5) is 11.2. The Morgan fingerprint density at radius 2 is 2.08 bits per heavy atom. The highest BCUT2D eigenvalue weighted by Crippen LogP contribution is 2.15. The summed E-state index contributed by atoms with van der Waals surface area (Å²) in [6, 6.07) is 1.06. The summed E-state index contributed by atoms with van der Waals surface area (Å²) in [6.07, 6.45) is 1.63. The van der Waals surface area contributed by atoms with E-state index in [1.54, 1.807) is 7.11 Å². The zero-order chi connectivity index (χ0) is 10.5. The highest BCUT2D eigenvalue weighted by molar-refractivity contribution is 9.10. The van der Waals surface area contributed by atoms with E-state index in [0.717, 1.165) is 12.5 Å². The van der Waals surface area contributed by atoms with Crippen molar-refractivity contribution in [3.8, 4) is 0 Å². The first kappa shape index (κ1) is 13.3. The minimum Gasteiger partial charge on any atom is -0.420 e. The van der Waals surface area contributed by atoms with Crippen molar-refractivity contribution in [1.29, 1.82) is 0 Å². The standard InChI is InChI=1S/C9H19BrO2Si/c1-8(10)9(11)6-5-7-13(3,4)12-2/h8H,5-7H2,1-4H3. The second-order valence-electron chi connectivity index (χ2n) is 3.90. The molecular weight excluding hydrogens is 248 g/mol. The van der Waals surface area contributed by atoms with Crippen molar-refractivity contribution < 1.29 is 9.22 Å². The van der Waals surface area contributed by atoms with Crippen molar-refractivity contribution in [3.05, 3.63) is 0 Å². The van der Waals surface area contributed by atoms with Gasteiger partial charge in [-0.3, -0.25) is 4.79 Å². The second kappa shape index (κ2) is 5.93. The Labute approximate surface area is 90.3 Å². The van der Waals surface area contributed by atoms with Crippen LogP contribution in [-0.4, -0.2) is 26.0 Å². The number of ketones is 1. The molecule has 0 bridgehead atoms. The SMILES string of the molecule is CO[Si](C)(C)CCCC(=O)C(C)Br. The number of halogens is 1. The lowest BCUT2D eigenvalue weighted by Gasteiger charge is -2.19. The molecule has 0 saturated heterocycles. The maximum Gasteiger partial charge on any atom is 0.186 e. The topological polar surface area (TPSA) is 26.3 Å². The first-order valence-corrected chi connectivity index (χ1v) is 8.64. The van der Waals surface area contributed by atoms with Crippen LogP contribution in [0, 0.1) is 0 Å². The fourth-order valence-electron chi connectivity index (χ4n) is 0.989. The number of carbonyl (C=O) groups is 1. The minimum absolute atomic E-state index is 0.000163. The smallest absolute Gasteiger partial charge is 0.186 e. The number of hydrogen-bond donors (Lipinski definition) is 0. The van der Waals surface area contributed by atoms with Crippen LogP contribution in [0.15, 0.2) is 0 Å². The highest BCUT2D eigenvalue weighted by atomic mass is 79.9. The third-order valence-electron chi connectivity index (χ3n) is 2.20. The Kier molecular flexibility index (Phi) is 6.08. The number of Topliss-reactive ketones (excluding diaryl/α,β-unsaturated/α-hetero) is 1. The number of hydrogen-bond acceptors (Lipinski definition) is 2. The molecule has 0 radical (unpaired) electrons. The van der Waals surface area contributed by atoms with E-state index < -0.39 is 8.32 Å². The Morgan fingerprint density at radius 1 is 1.54 bits per heavy atom. The molecule has 13 heavy (non-hydrogen) atoms. The van der Waals surface area contributed by atoms with E-state index in [2.05, 4.69) is 29.0 Å². The van der Waals surface area contributed by atoms with E-state index in [0.29, 0.717) is 12.2 Å². The molecular formula is C9H19BrO2Si. The molecule has 0 aromatic carbocycles. The van der Waals surface area contributed by atoms with Gasteiger partial charge in [0.2, 0.25) is 0 Å². The van der Waals surface area contributed by atoms with Gasteiger partial charge in [-0.05, 0) is 32.5 Å². The second-order valence-corrected chi connectivity index (χ2v) is 9.70. The van der Waals surface area contributed by atoms with Gasteiger partial charge in [-0.15, -0.1) is 0 Å². The molecule has 78 valence electrons. The fourth-order valence-corrected chi connectivity index (χ4v) is 2.45. The van der Waals surface area contributed by atoms with Crippen molar-refractivity contribution in [2.45, 2.75) is 43.7 Å². The summed E-state index contributed by atoms with van der Waals surface area (Å²) in [5.41, 5.74) is 0. The highest BCUT2D eigenvalue weighted by Gasteiger charge is 2.20. The van der Waals surface area contributed by atoms with Gasteiger partial charge in [0, 0.05) is 13.5 Å². The molecule has 0 aliphatic rings. The van der Waals surface area contributed by atoms with Crippen molar-refractivity contribution in [3.63, 3.8) is 0 Å². The van der Waals surface area contributed by atoms with Crippen LogP contribution in [0.1, 0.15) is 19.8 Å². The Hall–Kier alpha value is 0.327. The maximum atomic E-state index is 11.2. The molecule has 1 unspecified atom stereocenters. The molecule has 4 heteroatoms. The molecule has 0 saturated carbocycles. The predicted molar refractivity (Wildman–Crippen MR) is 61.9 cm³/mol. The van der Waals surface area contributed by atoms with Crippen molar-refractivity contribution >= 4 is 30.0 Å². The lowest BCUT2D eigenvalue weighted by atomic mass is 10.2. The van der Waals surface area contributed by atoms with Crippen LogP contribution < -0.4 is 0 Å². The van der Waals surface area contributed by atoms with Gasteiger partial charge in [-0.1, -0.05) is 15.9 Å². The van der Waals surface area contributed by atoms with Crippen LogP contribution in [0.5, 0.6) is 0 Å². The van der Waals surface area contributed by atoms with Gasteiger partial charge in [-0.25, -0.2) is 0 Å². The van der Waals surface area contributed by atoms with E-state index in [1.165, 1.54) is 0 Å². The number of rotatable bonds is 6. The molecule has 0 N–H and O–H groups in total. The third kappa shape index (κ3) is 6.40. The molecule has 0 fully saturated rings. The summed E-state index contributed by atoms with van der Waals surface area (Å²) in [6.45, 7) is 6.23. The summed E-state index contributed by atoms with van der Waals surface area (Å²) < 4.78 is 5.40. The van der Waals surface area contributed by atoms with Crippen molar-refractivity contribution in [2.75, 3.05) is 7.11 Å². The third-order valence-corrected chi connectivity index (χ3v) is 5.37. The molecule has 0 aromatic heterocycles. The van der Waals surface area contributed by atoms with E-state index >= 15 is 0 Å². The summed E-state index contributed by atoms with van der Waals surface area (Å²) >= 11 is 3.27. The monoisotopic (exact) mass is 266 g/mol. The molecule has 1 atom stereocenters. The average molecular weight is 267 g/mol. The molecule has 0 heterocycles. The lowest BCUT2D eigenvalue weighted by Crippen LogP contribution is -2.28. The Balaban J connectivity index is 3.62. The van der Waals surface area contributed by atoms with Gasteiger partial charge in [-0.2, -0.15) is 0 Å². The predicted octanol–water partition coefficient (Wildman–Crippen LogP) is 2.97. The molecule has 2 nitrogen and oxygen atoms in total. The molecule has 0 aromatic rings. The molecule has 0 spiro atoms. The van der Waals surface area contributed by atoms with Crippen LogP contribution in [-0.2, 0) is 9.22 Å². The quantitative estimate of drug-likeness (QED) is 0.546. The first-order valence-electron chi connectivity index (χ1n) is 4.61. The lowest BCUT2D eigenvalue weighted by molar-refractivity contribution is -0.118. The van der Waals surface area contributed by atoms with E-state index in [9.17, 15) is 4.79 Å². The van der Waals surface area contributed by atoms with Crippen LogP contribution >= 0.6 is 15.9 Å². The maximum absolute atomic E-state index is 11.2. The minimum atomic E-state index is -1.45. The molecule has 0 aliphatic carbocycles. The molecule has 0 amide bonds. The summed E-state index contributed by atoms with van der Waals surface area (Å²) in [5, 5.41) is 0. The average Bonchev–Trinajstić information content (AvgIpc) is 2.04. The van der Waals surface area contributed by atoms with E-state index in [4.69, 9.17) is 4.43 Å². The van der Waals surface area contributed by atoms with Gasteiger partial charge in [0.25, 0.3) is 0 Å². The largest absolute Gasteiger partial charge is 0.420 e. The van der Waals surface area contributed by atoms with Crippen LogP contribution in [0.25, 0.3) is 0 Å². The van der Waals surface area contributed by atoms with Gasteiger partial charge in [0.15, 0.2) is 8.32 Å². The van der Waals surface area contributed by atoms with Gasteiger partial charge in [0.1, 0.15) is 5.78 Å². The zero-order valence-electron chi connectivity index (χ0n) is 8.89. The van der Waals surface area contributed by atoms with E-state index in [1.807, 2.05) is 6.92 Å². The summed E-state index contributed by atoms with van der Waals surface area (Å²) in [5.74, 6) is 0.293. The first-order chi connectivity index (χ1) is 5.89. The van der Waals surface area contributed by atoms with Gasteiger partial charge >= 0.3 is 0 Å². The van der Waals surface area contributed by atoms with Gasteiger partial charge in [0.05, 0.1) is 4.83 Å². The van der Waals surface area contributed by atoms with Crippen LogP contribution in [0.2, 0.25) is 19.1 Å². The Bertz CT molecular complexity index is 169. The fraction of sp³-hybridized carbons (Fsp3) is 0.889. The van der Waals surface area contributed by atoms with Crippen LogP contribution in [0.4, 0.5) is 0 Å². The molecule has 0 rings (SSSR count). The summed E-state index contributed by atoms with van der Waals surface area (Å²) in [7, 11) is 0.319. The number of carbonyl (C=O) groups excluding carboxylic acids is 1. The Morgan fingerprint density at radius 3 is 2.46 bits per heavy atom. The zero-order valence-corrected chi connectivity index (χ0v) is 11.5. The van der Waals surface area contributed by atoms with Gasteiger partial charge < -0.3 is 4.43 Å². The normalized spacial score (nSPS) is 14.2. The number of alkyl halides is 1. The van der Waals surface area contributed by atoms with Crippen LogP contribution in [0.3, 0.4) is 0 Å². The van der Waals surface area contributed by atoms with Crippen molar-refractivity contribution in [1.82, 2.24) is 0 Å².